The summed E-state index contributed by atoms with van der Waals surface area (Å²) in [6.07, 6.45) is 7.00. The summed E-state index contributed by atoms with van der Waals surface area (Å²) in [4.78, 5) is 44.8. The zero-order valence-electron chi connectivity index (χ0n) is 23.8. The highest BCUT2D eigenvalue weighted by Crippen LogP contribution is 2.68. The molecular weight excluding hydrogens is 570 g/mol. The van der Waals surface area contributed by atoms with Crippen molar-refractivity contribution in [1.82, 2.24) is 4.98 Å². The number of ether oxygens (including phenoxy) is 1. The van der Waals surface area contributed by atoms with E-state index in [9.17, 15) is 19.5 Å². The van der Waals surface area contributed by atoms with Crippen LogP contribution in [0, 0.1) is 28.6 Å². The molecular formula is C33H35NO6S2. The lowest BCUT2D eigenvalue weighted by molar-refractivity contribution is -0.180. The predicted octanol–water partition coefficient (Wildman–Crippen LogP) is 6.65. The molecule has 7 rings (SSSR count). The highest BCUT2D eigenvalue weighted by atomic mass is 32.2. The van der Waals surface area contributed by atoms with Gasteiger partial charge in [0.15, 0.2) is 21.5 Å². The summed E-state index contributed by atoms with van der Waals surface area (Å²) < 4.78 is 13.5. The van der Waals surface area contributed by atoms with E-state index in [2.05, 4.69) is 18.8 Å². The number of fused-ring (bicyclic) bond motifs is 6. The Balaban J connectivity index is 1.22. The van der Waals surface area contributed by atoms with Crippen LogP contribution >= 0.6 is 23.1 Å². The van der Waals surface area contributed by atoms with Crippen molar-refractivity contribution in [1.29, 1.82) is 0 Å². The number of benzene rings is 1. The third-order valence-corrected chi connectivity index (χ3v) is 13.2. The van der Waals surface area contributed by atoms with Gasteiger partial charge in [0, 0.05) is 11.8 Å². The van der Waals surface area contributed by atoms with Gasteiger partial charge in [-0.25, -0.2) is 9.78 Å². The van der Waals surface area contributed by atoms with E-state index in [0.29, 0.717) is 19.3 Å². The number of thioether (sulfide) groups is 1. The summed E-state index contributed by atoms with van der Waals surface area (Å²) in [6, 6.07) is 11.1. The first-order valence-corrected chi connectivity index (χ1v) is 16.7. The molecule has 3 fully saturated rings. The van der Waals surface area contributed by atoms with Crippen LogP contribution in [0.3, 0.4) is 0 Å². The number of hydrogen-bond donors (Lipinski definition) is 1. The van der Waals surface area contributed by atoms with E-state index in [4.69, 9.17) is 9.15 Å². The first-order valence-electron chi connectivity index (χ1n) is 14.9. The molecule has 0 amide bonds. The molecule has 9 heteroatoms. The van der Waals surface area contributed by atoms with Crippen molar-refractivity contribution in [2.75, 3.05) is 5.75 Å². The van der Waals surface area contributed by atoms with Gasteiger partial charge in [-0.2, -0.15) is 0 Å². The number of ketones is 2. The second kappa shape index (κ2) is 10.2. The number of nitrogens with zero attached hydrogens (tertiary/aromatic N) is 1. The Kier molecular flexibility index (Phi) is 6.79. The Morgan fingerprint density at radius 3 is 2.76 bits per heavy atom. The molecule has 1 aromatic carbocycles. The Labute approximate surface area is 253 Å². The molecule has 0 spiro atoms. The molecule has 7 nitrogen and oxygen atoms in total. The smallest absolute Gasteiger partial charge is 0.375 e. The highest BCUT2D eigenvalue weighted by molar-refractivity contribution is 8.01. The molecule has 0 bridgehead atoms. The number of furan rings is 1. The van der Waals surface area contributed by atoms with Crippen molar-refractivity contribution >= 4 is 50.9 Å². The van der Waals surface area contributed by atoms with Crippen molar-refractivity contribution < 1.29 is 28.6 Å². The number of para-hydroxylation sites is 1. The molecule has 4 aliphatic rings. The number of rotatable bonds is 6. The third kappa shape index (κ3) is 4.18. The summed E-state index contributed by atoms with van der Waals surface area (Å²) in [6.45, 7) is 4.27. The number of esters is 1. The van der Waals surface area contributed by atoms with Crippen molar-refractivity contribution in [3.05, 3.63) is 60.1 Å². The minimum absolute atomic E-state index is 0.00692. The Hall–Kier alpha value is -2.75. The van der Waals surface area contributed by atoms with Crippen LogP contribution in [0.1, 0.15) is 69.3 Å². The fourth-order valence-electron chi connectivity index (χ4n) is 9.12. The molecule has 3 aromatic rings. The lowest BCUT2D eigenvalue weighted by atomic mass is 9.45. The zero-order chi connectivity index (χ0) is 29.3. The lowest BCUT2D eigenvalue weighted by Gasteiger charge is -2.60. The van der Waals surface area contributed by atoms with E-state index in [1.807, 2.05) is 30.3 Å². The Bertz CT molecular complexity index is 1560. The first kappa shape index (κ1) is 28.0. The van der Waals surface area contributed by atoms with Crippen LogP contribution in [0.2, 0.25) is 0 Å². The van der Waals surface area contributed by atoms with Crippen LogP contribution in [0.25, 0.3) is 10.2 Å². The first-order chi connectivity index (χ1) is 20.1. The number of aromatic nitrogens is 1. The fourth-order valence-corrected chi connectivity index (χ4v) is 11.1. The van der Waals surface area contributed by atoms with E-state index in [1.165, 1.54) is 23.6 Å². The van der Waals surface area contributed by atoms with Crippen molar-refractivity contribution in [3.8, 4) is 0 Å². The maximum Gasteiger partial charge on any atom is 0.375 e. The van der Waals surface area contributed by atoms with Crippen LogP contribution in [-0.4, -0.2) is 45.1 Å². The van der Waals surface area contributed by atoms with Crippen molar-refractivity contribution in [2.24, 2.45) is 28.6 Å². The molecule has 3 saturated carbocycles. The molecule has 6 unspecified atom stereocenters. The van der Waals surface area contributed by atoms with Gasteiger partial charge in [-0.1, -0.05) is 43.3 Å². The normalized spacial score (nSPS) is 35.7. The van der Waals surface area contributed by atoms with Gasteiger partial charge < -0.3 is 14.3 Å². The molecule has 7 atom stereocenters. The topological polar surface area (TPSA) is 107 Å². The molecule has 2 heterocycles. The number of carbonyl (C=O) groups is 3. The minimum Gasteiger partial charge on any atom is -0.457 e. The summed E-state index contributed by atoms with van der Waals surface area (Å²) in [7, 11) is 0. The number of aliphatic hydroxyl groups is 1. The van der Waals surface area contributed by atoms with E-state index in [-0.39, 0.29) is 46.2 Å². The number of aliphatic hydroxyl groups excluding tert-OH is 1. The van der Waals surface area contributed by atoms with E-state index >= 15 is 0 Å². The van der Waals surface area contributed by atoms with Gasteiger partial charge >= 0.3 is 5.97 Å². The maximum absolute atomic E-state index is 14.4. The van der Waals surface area contributed by atoms with E-state index in [1.54, 1.807) is 23.5 Å². The SMILES string of the molecule is CC12CCC(=O)C=C1CCC1C2C(O)CC2(C)C1CC[C@]2(OC(=O)c1ccco1)C(=O)CSc1nc2ccccc2s1. The summed E-state index contributed by atoms with van der Waals surface area (Å²) in [5.74, 6) is -0.161. The highest BCUT2D eigenvalue weighted by Gasteiger charge is 2.70. The minimum atomic E-state index is -1.39. The van der Waals surface area contributed by atoms with Crippen LogP contribution in [0.5, 0.6) is 0 Å². The fraction of sp³-hybridized carbons (Fsp3) is 0.515. The predicted molar refractivity (Wildman–Crippen MR) is 160 cm³/mol. The van der Waals surface area contributed by atoms with Gasteiger partial charge in [-0.3, -0.25) is 9.59 Å². The van der Waals surface area contributed by atoms with E-state index in [0.717, 1.165) is 40.2 Å². The Morgan fingerprint density at radius 1 is 1.14 bits per heavy atom. The standard InChI is InChI=1S/C33H35NO6S2/c1-31-13-11-20(35)16-19(31)9-10-21-22-12-14-33(32(22,2)17-24(36)28(21)31,40-29(38)25-7-5-15-39-25)27(37)18-41-30-34-23-6-3-4-8-26(23)42-30/h3-8,15-16,21-22,24,28,36H,9-14,17-18H2,1-2H3/t21?,22?,24?,28?,31?,32?,33-/m0/s1. The average molecular weight is 606 g/mol. The summed E-state index contributed by atoms with van der Waals surface area (Å²) in [5.41, 5.74) is -0.311. The average Bonchev–Trinajstić information content (AvgIpc) is 3.70. The number of thiazole rings is 1. The summed E-state index contributed by atoms with van der Waals surface area (Å²) in [5, 5.41) is 11.9. The lowest BCUT2D eigenvalue weighted by Crippen LogP contribution is -2.63. The van der Waals surface area contributed by atoms with Crippen LogP contribution < -0.4 is 0 Å². The maximum atomic E-state index is 14.4. The molecule has 4 aliphatic carbocycles. The Morgan fingerprint density at radius 2 is 1.98 bits per heavy atom. The second-order valence-electron chi connectivity index (χ2n) is 13.0. The largest absolute Gasteiger partial charge is 0.457 e. The monoisotopic (exact) mass is 605 g/mol. The number of Topliss-reactive ketones (excluding diaryl/α,β-unsaturated/α-hetero) is 1. The molecule has 42 heavy (non-hydrogen) atoms. The van der Waals surface area contributed by atoms with Crippen LogP contribution in [-0.2, 0) is 14.3 Å². The zero-order valence-corrected chi connectivity index (χ0v) is 25.5. The molecule has 220 valence electrons. The van der Waals surface area contributed by atoms with Gasteiger partial charge in [0.1, 0.15) is 0 Å². The summed E-state index contributed by atoms with van der Waals surface area (Å²) >= 11 is 2.93. The second-order valence-corrected chi connectivity index (χ2v) is 15.2. The van der Waals surface area contributed by atoms with Gasteiger partial charge in [0.05, 0.1) is 28.3 Å². The number of allylic oxidation sites excluding steroid dienone is 1. The van der Waals surface area contributed by atoms with Gasteiger partial charge in [-0.15, -0.1) is 11.3 Å². The van der Waals surface area contributed by atoms with Crippen molar-refractivity contribution in [2.45, 2.75) is 74.8 Å². The molecule has 1 N–H and O–H groups in total. The third-order valence-electron chi connectivity index (χ3n) is 11.1. The molecule has 0 radical (unpaired) electrons. The number of carbonyl (C=O) groups excluding carboxylic acids is 3. The van der Waals surface area contributed by atoms with Crippen molar-refractivity contribution in [3.63, 3.8) is 0 Å². The van der Waals surface area contributed by atoms with Gasteiger partial charge in [0.25, 0.3) is 0 Å². The molecule has 2 aromatic heterocycles. The number of hydrogen-bond acceptors (Lipinski definition) is 9. The van der Waals surface area contributed by atoms with E-state index < -0.39 is 23.1 Å². The van der Waals surface area contributed by atoms with Gasteiger partial charge in [0.2, 0.25) is 5.76 Å². The van der Waals surface area contributed by atoms with Gasteiger partial charge in [-0.05, 0) is 92.0 Å². The molecule has 0 aliphatic heterocycles. The van der Waals surface area contributed by atoms with Crippen LogP contribution in [0.15, 0.2) is 63.1 Å². The molecule has 0 saturated heterocycles. The quantitative estimate of drug-likeness (QED) is 0.246. The van der Waals surface area contributed by atoms with Crippen LogP contribution in [0.4, 0.5) is 0 Å².